The Labute approximate surface area is 103 Å². The van der Waals surface area contributed by atoms with E-state index in [1.165, 1.54) is 0 Å². The molecule has 0 spiro atoms. The Morgan fingerprint density at radius 2 is 2.19 bits per heavy atom. The molecule has 0 aromatic heterocycles. The van der Waals surface area contributed by atoms with E-state index >= 15 is 0 Å². The molecule has 0 radical (unpaired) electrons. The van der Waals surface area contributed by atoms with Crippen LogP contribution in [0.25, 0.3) is 0 Å². The van der Waals surface area contributed by atoms with Crippen LogP contribution in [0, 0.1) is 5.92 Å². The summed E-state index contributed by atoms with van der Waals surface area (Å²) in [6, 6.07) is 0. The summed E-state index contributed by atoms with van der Waals surface area (Å²) >= 11 is 1.79. The summed E-state index contributed by atoms with van der Waals surface area (Å²) < 4.78 is 0. The molecule has 0 saturated carbocycles. The number of hydrogen-bond acceptors (Lipinski definition) is 3. The summed E-state index contributed by atoms with van der Waals surface area (Å²) in [6.45, 7) is 9.27. The fourth-order valence-corrected chi connectivity index (χ4v) is 2.50. The summed E-state index contributed by atoms with van der Waals surface area (Å²) in [5, 5.41) is 3.49. The topological polar surface area (TPSA) is 32.3 Å². The van der Waals surface area contributed by atoms with Crippen molar-refractivity contribution in [1.29, 1.82) is 0 Å². The second kappa shape index (κ2) is 5.41. The van der Waals surface area contributed by atoms with Crippen LogP contribution in [0.3, 0.4) is 0 Å². The molecule has 4 heteroatoms. The van der Waals surface area contributed by atoms with Gasteiger partial charge in [-0.25, -0.2) is 0 Å². The van der Waals surface area contributed by atoms with Crippen molar-refractivity contribution in [2.75, 3.05) is 18.6 Å². The third-order valence-corrected chi connectivity index (χ3v) is 4.00. The highest BCUT2D eigenvalue weighted by atomic mass is 32.2. The smallest absolute Gasteiger partial charge is 0.243 e. The van der Waals surface area contributed by atoms with E-state index in [0.29, 0.717) is 5.92 Å². The van der Waals surface area contributed by atoms with Gasteiger partial charge in [0.25, 0.3) is 0 Å². The molecule has 1 rings (SSSR count). The predicted molar refractivity (Wildman–Crippen MR) is 70.6 cm³/mol. The number of nitrogens with one attached hydrogen (secondary N) is 1. The largest absolute Gasteiger partial charge is 0.324 e. The molecule has 1 fully saturated rings. The molecular weight excluding hydrogens is 220 g/mol. The monoisotopic (exact) mass is 244 g/mol. The molecule has 2 atom stereocenters. The van der Waals surface area contributed by atoms with Gasteiger partial charge in [0.15, 0.2) is 0 Å². The first-order valence-electron chi connectivity index (χ1n) is 6.04. The molecule has 1 N–H and O–H groups in total. The Morgan fingerprint density at radius 3 is 2.62 bits per heavy atom. The third-order valence-electron chi connectivity index (χ3n) is 3.41. The van der Waals surface area contributed by atoms with Crippen LogP contribution < -0.4 is 5.32 Å². The van der Waals surface area contributed by atoms with Crippen molar-refractivity contribution < 1.29 is 4.79 Å². The van der Waals surface area contributed by atoms with Crippen LogP contribution >= 0.6 is 11.8 Å². The van der Waals surface area contributed by atoms with Crippen molar-refractivity contribution in [2.24, 2.45) is 5.92 Å². The van der Waals surface area contributed by atoms with Crippen molar-refractivity contribution in [3.63, 3.8) is 0 Å². The number of nitrogens with zero attached hydrogens (tertiary/aromatic N) is 1. The molecule has 94 valence electrons. The van der Waals surface area contributed by atoms with Crippen molar-refractivity contribution in [1.82, 2.24) is 10.2 Å². The molecule has 0 aromatic carbocycles. The van der Waals surface area contributed by atoms with Crippen molar-refractivity contribution in [3.05, 3.63) is 0 Å². The van der Waals surface area contributed by atoms with Crippen molar-refractivity contribution >= 4 is 17.7 Å². The lowest BCUT2D eigenvalue weighted by atomic mass is 9.99. The maximum Gasteiger partial charge on any atom is 0.243 e. The maximum atomic E-state index is 12.3. The first-order valence-corrected chi connectivity index (χ1v) is 7.43. The highest BCUT2D eigenvalue weighted by Crippen LogP contribution is 2.27. The minimum atomic E-state index is -0.354. The number of rotatable bonds is 5. The molecule has 16 heavy (non-hydrogen) atoms. The van der Waals surface area contributed by atoms with Gasteiger partial charge < -0.3 is 4.90 Å². The minimum absolute atomic E-state index is 0.199. The number of carbonyl (C=O) groups excluding carboxylic acids is 1. The summed E-state index contributed by atoms with van der Waals surface area (Å²) in [4.78, 5) is 14.4. The number of hydrogen-bond donors (Lipinski definition) is 1. The van der Waals surface area contributed by atoms with E-state index < -0.39 is 0 Å². The lowest BCUT2D eigenvalue weighted by molar-refractivity contribution is -0.133. The molecular formula is C12H24N2OS. The molecule has 3 nitrogen and oxygen atoms in total. The van der Waals surface area contributed by atoms with Gasteiger partial charge in [0.1, 0.15) is 0 Å². The Morgan fingerprint density at radius 1 is 1.56 bits per heavy atom. The number of carbonyl (C=O) groups is 1. The van der Waals surface area contributed by atoms with Crippen LogP contribution in [0.5, 0.6) is 0 Å². The van der Waals surface area contributed by atoms with Gasteiger partial charge in [-0.15, -0.1) is 0 Å². The van der Waals surface area contributed by atoms with Gasteiger partial charge in [0.05, 0.1) is 11.7 Å². The lowest BCUT2D eigenvalue weighted by Gasteiger charge is -2.26. The Bertz CT molecular complexity index is 257. The normalized spacial score (nSPS) is 30.5. The third kappa shape index (κ3) is 2.54. The fraction of sp³-hybridized carbons (Fsp3) is 0.917. The standard InChI is InChI=1S/C12H24N2OS/c1-6-12(4)11(15)14(7-8-16-5)10(13-12)9(2)3/h9-10,13H,6-8H2,1-5H3. The molecule has 2 unspecified atom stereocenters. The quantitative estimate of drug-likeness (QED) is 0.802. The summed E-state index contributed by atoms with van der Waals surface area (Å²) in [7, 11) is 0. The van der Waals surface area contributed by atoms with Gasteiger partial charge in [0, 0.05) is 12.3 Å². The first-order chi connectivity index (χ1) is 7.46. The van der Waals surface area contributed by atoms with Gasteiger partial charge in [-0.1, -0.05) is 20.8 Å². The van der Waals surface area contributed by atoms with Gasteiger partial charge in [-0.05, 0) is 25.5 Å². The van der Waals surface area contributed by atoms with Gasteiger partial charge >= 0.3 is 0 Å². The zero-order valence-corrected chi connectivity index (χ0v) is 11.9. The van der Waals surface area contributed by atoms with Crippen molar-refractivity contribution in [2.45, 2.75) is 45.8 Å². The van der Waals surface area contributed by atoms with Crippen LogP contribution in [0.2, 0.25) is 0 Å². The highest BCUT2D eigenvalue weighted by Gasteiger charge is 2.47. The zero-order valence-electron chi connectivity index (χ0n) is 11.0. The summed E-state index contributed by atoms with van der Waals surface area (Å²) in [5.41, 5.74) is -0.354. The van der Waals surface area contributed by atoms with E-state index in [-0.39, 0.29) is 17.6 Å². The maximum absolute atomic E-state index is 12.3. The van der Waals surface area contributed by atoms with E-state index in [1.54, 1.807) is 11.8 Å². The average Bonchev–Trinajstić information content (AvgIpc) is 2.51. The van der Waals surface area contributed by atoms with Gasteiger partial charge in [0.2, 0.25) is 5.91 Å². The van der Waals surface area contributed by atoms with Crippen LogP contribution in [-0.2, 0) is 4.79 Å². The number of thioether (sulfide) groups is 1. The molecule has 1 heterocycles. The van der Waals surface area contributed by atoms with E-state index in [1.807, 2.05) is 11.8 Å². The Hall–Kier alpha value is -0.220. The van der Waals surface area contributed by atoms with Gasteiger partial charge in [-0.3, -0.25) is 10.1 Å². The lowest BCUT2D eigenvalue weighted by Crippen LogP contribution is -2.45. The number of amides is 1. The van der Waals surface area contributed by atoms with Crippen LogP contribution in [0.15, 0.2) is 0 Å². The predicted octanol–water partition coefficient (Wildman–Crippen LogP) is 1.93. The zero-order chi connectivity index (χ0) is 12.3. The van der Waals surface area contributed by atoms with E-state index in [4.69, 9.17) is 0 Å². The first kappa shape index (κ1) is 13.8. The van der Waals surface area contributed by atoms with Crippen LogP contribution in [0.1, 0.15) is 34.1 Å². The second-order valence-corrected chi connectivity index (χ2v) is 6.00. The minimum Gasteiger partial charge on any atom is -0.324 e. The SMILES string of the molecule is CCC1(C)NC(C(C)C)N(CCSC)C1=O. The summed E-state index contributed by atoms with van der Waals surface area (Å²) in [5.74, 6) is 1.73. The van der Waals surface area contributed by atoms with Gasteiger partial charge in [-0.2, -0.15) is 11.8 Å². The molecule has 1 amide bonds. The molecule has 0 aromatic rings. The molecule has 0 bridgehead atoms. The van der Waals surface area contributed by atoms with E-state index in [9.17, 15) is 4.79 Å². The molecule has 1 saturated heterocycles. The highest BCUT2D eigenvalue weighted by molar-refractivity contribution is 7.98. The van der Waals surface area contributed by atoms with E-state index in [0.717, 1.165) is 18.7 Å². The average molecular weight is 244 g/mol. The summed E-state index contributed by atoms with van der Waals surface area (Å²) in [6.07, 6.45) is 3.13. The van der Waals surface area contributed by atoms with Crippen LogP contribution in [-0.4, -0.2) is 41.1 Å². The Kier molecular flexibility index (Phi) is 4.68. The molecule has 1 aliphatic heterocycles. The Balaban J connectivity index is 2.81. The fourth-order valence-electron chi connectivity index (χ4n) is 2.12. The van der Waals surface area contributed by atoms with E-state index in [2.05, 4.69) is 32.3 Å². The molecule has 0 aliphatic carbocycles. The van der Waals surface area contributed by atoms with Crippen molar-refractivity contribution in [3.8, 4) is 0 Å². The second-order valence-electron chi connectivity index (χ2n) is 5.01. The van der Waals surface area contributed by atoms with Crippen LogP contribution in [0.4, 0.5) is 0 Å². The molecule has 1 aliphatic rings.